The minimum atomic E-state index is -0.0134. The van der Waals surface area contributed by atoms with Gasteiger partial charge >= 0.3 is 0 Å². The lowest BCUT2D eigenvalue weighted by molar-refractivity contribution is 0.0730. The molecule has 0 amide bonds. The Morgan fingerprint density at radius 2 is 1.15 bits per heavy atom. The Kier molecular flexibility index (Phi) is 5.37. The minimum absolute atomic E-state index is 0.0134. The molecule has 0 spiro atoms. The SMILES string of the molecule is Cc1ccc(N(c2ccccc2)c2ccccc2)cc1-c1ccc2c(c1)C(C)(C)N(C)C2(C)C. The summed E-state index contributed by atoms with van der Waals surface area (Å²) in [7, 11) is 2.24. The lowest BCUT2D eigenvalue weighted by atomic mass is 9.87. The molecule has 1 aliphatic rings. The van der Waals surface area contributed by atoms with Gasteiger partial charge in [-0.25, -0.2) is 0 Å². The summed E-state index contributed by atoms with van der Waals surface area (Å²) in [6, 6.07) is 35.1. The maximum absolute atomic E-state index is 2.49. The molecule has 5 rings (SSSR count). The van der Waals surface area contributed by atoms with Crippen LogP contribution >= 0.6 is 0 Å². The van der Waals surface area contributed by atoms with Crippen LogP contribution in [0.15, 0.2) is 97.1 Å². The number of anilines is 3. The number of fused-ring (bicyclic) bond motifs is 1. The van der Waals surface area contributed by atoms with Gasteiger partial charge in [0, 0.05) is 28.1 Å². The van der Waals surface area contributed by atoms with Crippen molar-refractivity contribution in [1.82, 2.24) is 4.90 Å². The van der Waals surface area contributed by atoms with Crippen LogP contribution in [0.2, 0.25) is 0 Å². The van der Waals surface area contributed by atoms with Gasteiger partial charge < -0.3 is 4.90 Å². The smallest absolute Gasteiger partial charge is 0.0467 e. The molecule has 0 radical (unpaired) electrons. The Morgan fingerprint density at radius 3 is 1.74 bits per heavy atom. The molecule has 1 aliphatic heterocycles. The first-order valence-corrected chi connectivity index (χ1v) is 12.1. The topological polar surface area (TPSA) is 6.48 Å². The van der Waals surface area contributed by atoms with Gasteiger partial charge in [0.2, 0.25) is 0 Å². The molecule has 0 fully saturated rings. The normalized spacial score (nSPS) is 16.3. The molecule has 1 heterocycles. The van der Waals surface area contributed by atoms with Crippen molar-refractivity contribution < 1.29 is 0 Å². The van der Waals surface area contributed by atoms with Gasteiger partial charge in [-0.1, -0.05) is 54.6 Å². The fourth-order valence-electron chi connectivity index (χ4n) is 5.47. The third-order valence-corrected chi connectivity index (χ3v) is 7.83. The average Bonchev–Trinajstić information content (AvgIpc) is 2.98. The van der Waals surface area contributed by atoms with Crippen molar-refractivity contribution in [3.8, 4) is 11.1 Å². The molecule has 34 heavy (non-hydrogen) atoms. The molecular formula is C32H34N2. The highest BCUT2D eigenvalue weighted by Crippen LogP contribution is 2.49. The second kappa shape index (κ2) is 8.14. The van der Waals surface area contributed by atoms with Gasteiger partial charge in [-0.15, -0.1) is 0 Å². The van der Waals surface area contributed by atoms with E-state index in [1.54, 1.807) is 0 Å². The van der Waals surface area contributed by atoms with E-state index in [0.717, 1.165) is 17.1 Å². The molecule has 172 valence electrons. The van der Waals surface area contributed by atoms with Crippen LogP contribution in [0.4, 0.5) is 17.1 Å². The number of aryl methyl sites for hydroxylation is 1. The van der Waals surface area contributed by atoms with Gasteiger partial charge in [-0.05, 0) is 112 Å². The van der Waals surface area contributed by atoms with E-state index < -0.39 is 0 Å². The summed E-state index contributed by atoms with van der Waals surface area (Å²) in [6.45, 7) is 11.5. The minimum Gasteiger partial charge on any atom is -0.310 e. The van der Waals surface area contributed by atoms with Gasteiger partial charge in [0.25, 0.3) is 0 Å². The van der Waals surface area contributed by atoms with E-state index in [-0.39, 0.29) is 11.1 Å². The average molecular weight is 447 g/mol. The van der Waals surface area contributed by atoms with Crippen LogP contribution in [0.1, 0.15) is 44.4 Å². The lowest BCUT2D eigenvalue weighted by Gasteiger charge is -2.37. The molecular weight excluding hydrogens is 412 g/mol. The van der Waals surface area contributed by atoms with Crippen LogP contribution in [0, 0.1) is 6.92 Å². The van der Waals surface area contributed by atoms with Crippen LogP contribution in [0.5, 0.6) is 0 Å². The van der Waals surface area contributed by atoms with Gasteiger partial charge in [-0.2, -0.15) is 0 Å². The maximum Gasteiger partial charge on any atom is 0.0467 e. The Labute approximate surface area is 204 Å². The van der Waals surface area contributed by atoms with Gasteiger partial charge in [0.05, 0.1) is 0 Å². The largest absolute Gasteiger partial charge is 0.310 e. The van der Waals surface area contributed by atoms with Gasteiger partial charge in [-0.3, -0.25) is 4.90 Å². The van der Waals surface area contributed by atoms with Gasteiger partial charge in [0.1, 0.15) is 0 Å². The number of nitrogens with zero attached hydrogens (tertiary/aromatic N) is 2. The molecule has 0 aliphatic carbocycles. The summed E-state index contributed by atoms with van der Waals surface area (Å²) in [5.74, 6) is 0. The van der Waals surface area contributed by atoms with Crippen LogP contribution in [0.25, 0.3) is 11.1 Å². The molecule has 0 saturated carbocycles. The summed E-state index contributed by atoms with van der Waals surface area (Å²) in [6.07, 6.45) is 0. The highest BCUT2D eigenvalue weighted by atomic mass is 15.2. The van der Waals surface area contributed by atoms with E-state index in [9.17, 15) is 0 Å². The summed E-state index contributed by atoms with van der Waals surface area (Å²) in [5.41, 5.74) is 10.2. The molecule has 4 aromatic carbocycles. The monoisotopic (exact) mass is 446 g/mol. The van der Waals surface area contributed by atoms with Crippen LogP contribution < -0.4 is 4.90 Å². The third-order valence-electron chi connectivity index (χ3n) is 7.83. The number of hydrogen-bond acceptors (Lipinski definition) is 2. The highest BCUT2D eigenvalue weighted by molar-refractivity contribution is 5.81. The molecule has 0 N–H and O–H groups in total. The van der Waals surface area contributed by atoms with Crippen molar-refractivity contribution in [2.24, 2.45) is 0 Å². The Balaban J connectivity index is 1.65. The van der Waals surface area contributed by atoms with E-state index in [4.69, 9.17) is 0 Å². The lowest BCUT2D eigenvalue weighted by Crippen LogP contribution is -2.42. The summed E-state index contributed by atoms with van der Waals surface area (Å²) < 4.78 is 0. The number of hydrogen-bond donors (Lipinski definition) is 0. The zero-order chi connectivity index (χ0) is 24.1. The van der Waals surface area contributed by atoms with Crippen LogP contribution in [-0.4, -0.2) is 11.9 Å². The first-order chi connectivity index (χ1) is 16.2. The quantitative estimate of drug-likeness (QED) is 0.310. The first kappa shape index (κ1) is 22.4. The highest BCUT2D eigenvalue weighted by Gasteiger charge is 2.46. The van der Waals surface area contributed by atoms with Crippen LogP contribution in [-0.2, 0) is 11.1 Å². The van der Waals surface area contributed by atoms with E-state index in [1.165, 1.54) is 27.8 Å². The van der Waals surface area contributed by atoms with Crippen molar-refractivity contribution >= 4 is 17.1 Å². The van der Waals surface area contributed by atoms with E-state index in [0.29, 0.717) is 0 Å². The molecule has 4 aromatic rings. The van der Waals surface area contributed by atoms with Crippen LogP contribution in [0.3, 0.4) is 0 Å². The maximum atomic E-state index is 2.49. The van der Waals surface area contributed by atoms with Gasteiger partial charge in [0.15, 0.2) is 0 Å². The molecule has 2 heteroatoms. The molecule has 0 unspecified atom stereocenters. The molecule has 2 nitrogen and oxygen atoms in total. The summed E-state index contributed by atoms with van der Waals surface area (Å²) in [5, 5.41) is 0. The predicted octanol–water partition coefficient (Wildman–Crippen LogP) is 8.55. The molecule has 0 bridgehead atoms. The Hall–Kier alpha value is -3.36. The standard InChI is InChI=1S/C32H34N2/c1-23-17-19-27(34(25-13-9-7-10-14-25)26-15-11-8-12-16-26)22-28(23)24-18-20-29-30(21-24)32(4,5)33(6)31(29,2)3/h7-22H,1-6H3. The van der Waals surface area contributed by atoms with E-state index >= 15 is 0 Å². The number of para-hydroxylation sites is 2. The zero-order valence-electron chi connectivity index (χ0n) is 21.1. The molecule has 0 aromatic heterocycles. The Morgan fingerprint density at radius 1 is 0.588 bits per heavy atom. The predicted molar refractivity (Wildman–Crippen MR) is 145 cm³/mol. The van der Waals surface area contributed by atoms with Crippen molar-refractivity contribution in [2.45, 2.75) is 45.7 Å². The number of benzene rings is 4. The van der Waals surface area contributed by atoms with Crippen molar-refractivity contribution in [3.63, 3.8) is 0 Å². The Bertz CT molecular complexity index is 1280. The third kappa shape index (κ3) is 3.54. The van der Waals surface area contributed by atoms with E-state index in [2.05, 4.69) is 149 Å². The fourth-order valence-corrected chi connectivity index (χ4v) is 5.47. The van der Waals surface area contributed by atoms with Crippen molar-refractivity contribution in [1.29, 1.82) is 0 Å². The van der Waals surface area contributed by atoms with E-state index in [1.807, 2.05) is 0 Å². The zero-order valence-corrected chi connectivity index (χ0v) is 21.1. The fraction of sp³-hybridized carbons (Fsp3) is 0.250. The molecule has 0 saturated heterocycles. The second-order valence-electron chi connectivity index (χ2n) is 10.4. The van der Waals surface area contributed by atoms with Crippen molar-refractivity contribution in [3.05, 3.63) is 114 Å². The first-order valence-electron chi connectivity index (χ1n) is 12.1. The summed E-state index contributed by atoms with van der Waals surface area (Å²) >= 11 is 0. The molecule has 0 atom stereocenters. The summed E-state index contributed by atoms with van der Waals surface area (Å²) in [4.78, 5) is 4.82. The van der Waals surface area contributed by atoms with Crippen molar-refractivity contribution in [2.75, 3.05) is 11.9 Å². The second-order valence-corrected chi connectivity index (χ2v) is 10.4. The number of rotatable bonds is 4.